The summed E-state index contributed by atoms with van der Waals surface area (Å²) < 4.78 is 10.6. The molecule has 2 aromatic heterocycles. The number of furan rings is 1. The fourth-order valence-electron chi connectivity index (χ4n) is 3.40. The summed E-state index contributed by atoms with van der Waals surface area (Å²) in [6, 6.07) is 9.00. The van der Waals surface area contributed by atoms with Gasteiger partial charge in [0.2, 0.25) is 0 Å². The van der Waals surface area contributed by atoms with Gasteiger partial charge in [0.25, 0.3) is 11.7 Å². The molecule has 0 aliphatic carbocycles. The van der Waals surface area contributed by atoms with E-state index < -0.39 is 23.5 Å². The summed E-state index contributed by atoms with van der Waals surface area (Å²) in [5, 5.41) is 13.2. The zero-order valence-corrected chi connectivity index (χ0v) is 17.9. The highest BCUT2D eigenvalue weighted by molar-refractivity contribution is 7.09. The number of Topliss-reactive ketones (excluding diaryl/α,β-unsaturated/α-hetero) is 1. The van der Waals surface area contributed by atoms with Gasteiger partial charge < -0.3 is 19.2 Å². The number of nitrogens with zero attached hydrogens (tertiary/aromatic N) is 1. The minimum Gasteiger partial charge on any atom is -0.507 e. The predicted molar refractivity (Wildman–Crippen MR) is 114 cm³/mol. The first-order valence-electron chi connectivity index (χ1n) is 8.80. The second-order valence-electron chi connectivity index (χ2n) is 6.49. The number of ketones is 1. The fourth-order valence-corrected chi connectivity index (χ4v) is 4.75. The molecule has 1 amide bonds. The van der Waals surface area contributed by atoms with Crippen molar-refractivity contribution in [3.05, 3.63) is 79.9 Å². The molecular formula is C21H15Cl2NO5S. The van der Waals surface area contributed by atoms with Crippen molar-refractivity contribution in [1.29, 1.82) is 0 Å². The molecule has 0 bridgehead atoms. The molecule has 0 radical (unpaired) electrons. The third-order valence-corrected chi connectivity index (χ3v) is 6.16. The summed E-state index contributed by atoms with van der Waals surface area (Å²) >= 11 is 13.8. The van der Waals surface area contributed by atoms with Gasteiger partial charge in [-0.15, -0.1) is 11.3 Å². The van der Waals surface area contributed by atoms with Crippen molar-refractivity contribution < 1.29 is 23.8 Å². The molecule has 1 aromatic carbocycles. The molecule has 0 saturated carbocycles. The number of halogens is 2. The molecule has 1 atom stereocenters. The Morgan fingerprint density at radius 3 is 2.53 bits per heavy atom. The van der Waals surface area contributed by atoms with Gasteiger partial charge in [0.05, 0.1) is 35.5 Å². The monoisotopic (exact) mass is 463 g/mol. The molecule has 4 rings (SSSR count). The van der Waals surface area contributed by atoms with Crippen LogP contribution in [-0.4, -0.2) is 28.8 Å². The molecule has 6 nitrogen and oxygen atoms in total. The quantitative estimate of drug-likeness (QED) is 0.316. The van der Waals surface area contributed by atoms with E-state index in [1.807, 2.05) is 17.5 Å². The van der Waals surface area contributed by atoms with E-state index in [9.17, 15) is 14.7 Å². The lowest BCUT2D eigenvalue weighted by molar-refractivity contribution is -0.140. The number of hydrogen-bond acceptors (Lipinski definition) is 6. The maximum Gasteiger partial charge on any atom is 0.296 e. The largest absolute Gasteiger partial charge is 0.507 e. The minimum absolute atomic E-state index is 0.0937. The molecule has 3 aromatic rings. The number of carbonyl (C=O) groups is 2. The first-order valence-corrected chi connectivity index (χ1v) is 10.4. The Labute approximate surface area is 185 Å². The summed E-state index contributed by atoms with van der Waals surface area (Å²) in [5.41, 5.74) is 0.0975. The van der Waals surface area contributed by atoms with Gasteiger partial charge in [-0.3, -0.25) is 9.59 Å². The molecule has 3 heterocycles. The maximum absolute atomic E-state index is 12.9. The number of carbonyl (C=O) groups excluding carboxylic acids is 2. The molecule has 9 heteroatoms. The molecule has 1 unspecified atom stereocenters. The van der Waals surface area contributed by atoms with E-state index in [1.165, 1.54) is 41.7 Å². The van der Waals surface area contributed by atoms with Crippen molar-refractivity contribution in [2.75, 3.05) is 7.11 Å². The first kappa shape index (κ1) is 20.5. The van der Waals surface area contributed by atoms with Crippen LogP contribution in [0.3, 0.4) is 0 Å². The van der Waals surface area contributed by atoms with Gasteiger partial charge in [0.1, 0.15) is 17.6 Å². The third-order valence-electron chi connectivity index (χ3n) is 4.73. The standard InChI is InChI=1S/C21H15Cl2NO5S/c1-28-20-13(22)8-11(9-14(20)23)18(25)16-17(15-5-2-6-29-15)24(21(27)19(16)26)10-12-4-3-7-30-12/h2-9,17,25H,10H2,1H3/b18-16-. The summed E-state index contributed by atoms with van der Waals surface area (Å²) in [7, 11) is 1.42. The second-order valence-corrected chi connectivity index (χ2v) is 8.34. The van der Waals surface area contributed by atoms with Gasteiger partial charge in [-0.05, 0) is 35.7 Å². The number of hydrogen-bond donors (Lipinski definition) is 1. The molecule has 154 valence electrons. The average molecular weight is 464 g/mol. The van der Waals surface area contributed by atoms with Crippen molar-refractivity contribution in [2.24, 2.45) is 0 Å². The minimum atomic E-state index is -0.887. The van der Waals surface area contributed by atoms with E-state index in [-0.39, 0.29) is 33.5 Å². The topological polar surface area (TPSA) is 80.0 Å². The Morgan fingerprint density at radius 1 is 1.23 bits per heavy atom. The molecule has 1 aliphatic rings. The van der Waals surface area contributed by atoms with Crippen LogP contribution < -0.4 is 4.74 Å². The van der Waals surface area contributed by atoms with Crippen molar-refractivity contribution >= 4 is 52.0 Å². The van der Waals surface area contributed by atoms with Crippen molar-refractivity contribution in [3.63, 3.8) is 0 Å². The SMILES string of the molecule is COc1c(Cl)cc(/C(O)=C2/C(=O)C(=O)N(Cc3cccs3)C2c2ccco2)cc1Cl. The fraction of sp³-hybridized carbons (Fsp3) is 0.143. The van der Waals surface area contributed by atoms with Crippen LogP contribution in [0.15, 0.2) is 58.0 Å². The van der Waals surface area contributed by atoms with Crippen LogP contribution in [0.2, 0.25) is 10.0 Å². The number of methoxy groups -OCH3 is 1. The molecule has 1 N–H and O–H groups in total. The van der Waals surface area contributed by atoms with Crippen LogP contribution in [-0.2, 0) is 16.1 Å². The molecular weight excluding hydrogens is 449 g/mol. The van der Waals surface area contributed by atoms with Crippen LogP contribution in [0.4, 0.5) is 0 Å². The molecule has 0 spiro atoms. The third kappa shape index (κ3) is 3.49. The van der Waals surface area contributed by atoms with E-state index in [1.54, 1.807) is 12.1 Å². The molecule has 1 aliphatic heterocycles. The molecule has 1 fully saturated rings. The van der Waals surface area contributed by atoms with Gasteiger partial charge in [-0.1, -0.05) is 29.3 Å². The number of aliphatic hydroxyl groups is 1. The van der Waals surface area contributed by atoms with Crippen LogP contribution >= 0.6 is 34.5 Å². The van der Waals surface area contributed by atoms with Crippen LogP contribution in [0, 0.1) is 0 Å². The number of benzene rings is 1. The number of ether oxygens (including phenoxy) is 1. The van der Waals surface area contributed by atoms with E-state index >= 15 is 0 Å². The maximum atomic E-state index is 12.9. The highest BCUT2D eigenvalue weighted by Crippen LogP contribution is 2.42. The second kappa shape index (κ2) is 8.18. The summed E-state index contributed by atoms with van der Waals surface area (Å²) in [4.78, 5) is 28.0. The normalized spacial score (nSPS) is 18.2. The Bertz CT molecular complexity index is 1120. The lowest BCUT2D eigenvalue weighted by Crippen LogP contribution is -2.28. The highest BCUT2D eigenvalue weighted by atomic mass is 35.5. The van der Waals surface area contributed by atoms with Crippen molar-refractivity contribution in [2.45, 2.75) is 12.6 Å². The van der Waals surface area contributed by atoms with E-state index in [2.05, 4.69) is 0 Å². The van der Waals surface area contributed by atoms with Crippen LogP contribution in [0.1, 0.15) is 22.2 Å². The van der Waals surface area contributed by atoms with Gasteiger partial charge in [-0.2, -0.15) is 0 Å². The molecule has 1 saturated heterocycles. The predicted octanol–water partition coefficient (Wildman–Crippen LogP) is 5.28. The first-order chi connectivity index (χ1) is 14.4. The summed E-state index contributed by atoms with van der Waals surface area (Å²) in [6.45, 7) is 0.203. The number of aliphatic hydroxyl groups excluding tert-OH is 1. The van der Waals surface area contributed by atoms with Gasteiger partial charge in [0, 0.05) is 10.4 Å². The summed E-state index contributed by atoms with van der Waals surface area (Å²) in [6.07, 6.45) is 1.45. The zero-order chi connectivity index (χ0) is 21.4. The van der Waals surface area contributed by atoms with E-state index in [0.29, 0.717) is 5.76 Å². The number of amides is 1. The number of thiophene rings is 1. The van der Waals surface area contributed by atoms with E-state index in [0.717, 1.165) is 4.88 Å². The lowest BCUT2D eigenvalue weighted by atomic mass is 9.99. The molecule has 30 heavy (non-hydrogen) atoms. The van der Waals surface area contributed by atoms with Crippen molar-refractivity contribution in [1.82, 2.24) is 4.90 Å². The average Bonchev–Trinajstić information content (AvgIpc) is 3.46. The smallest absolute Gasteiger partial charge is 0.296 e. The number of likely N-dealkylation sites (tertiary alicyclic amines) is 1. The Kier molecular flexibility index (Phi) is 5.60. The Morgan fingerprint density at radius 2 is 1.97 bits per heavy atom. The van der Waals surface area contributed by atoms with Gasteiger partial charge in [0.15, 0.2) is 5.75 Å². The lowest BCUT2D eigenvalue weighted by Gasteiger charge is -2.22. The number of rotatable bonds is 5. The summed E-state index contributed by atoms with van der Waals surface area (Å²) in [5.74, 6) is -1.32. The van der Waals surface area contributed by atoms with Gasteiger partial charge >= 0.3 is 0 Å². The highest BCUT2D eigenvalue weighted by Gasteiger charge is 2.47. The zero-order valence-electron chi connectivity index (χ0n) is 15.6. The van der Waals surface area contributed by atoms with Gasteiger partial charge in [-0.25, -0.2) is 0 Å². The van der Waals surface area contributed by atoms with Crippen molar-refractivity contribution in [3.8, 4) is 5.75 Å². The Balaban J connectivity index is 1.86. The van der Waals surface area contributed by atoms with E-state index in [4.69, 9.17) is 32.4 Å². The van der Waals surface area contributed by atoms with Crippen LogP contribution in [0.25, 0.3) is 5.76 Å². The Hall–Kier alpha value is -2.74. The van der Waals surface area contributed by atoms with Crippen LogP contribution in [0.5, 0.6) is 5.75 Å².